The number of hydrogen-bond acceptors (Lipinski definition) is 10. The lowest BCUT2D eigenvalue weighted by molar-refractivity contribution is -0.170. The zero-order valence-corrected chi connectivity index (χ0v) is 34.7. The van der Waals surface area contributed by atoms with Gasteiger partial charge in [0.25, 0.3) is 0 Å². The number of ether oxygens (including phenoxy) is 2. The molecule has 3 aromatic carbocycles. The Balaban J connectivity index is 1.33. The molecule has 0 radical (unpaired) electrons. The van der Waals surface area contributed by atoms with Gasteiger partial charge in [0.15, 0.2) is 0 Å². The molecular weight excluding hydrogens is 759 g/mol. The molecule has 1 spiro atoms. The predicted molar refractivity (Wildman–Crippen MR) is 226 cm³/mol. The monoisotopic (exact) mass is 815 g/mol. The maximum atomic E-state index is 15.1. The second kappa shape index (κ2) is 17.2. The first-order chi connectivity index (χ1) is 28.8. The molecule has 8 rings (SSSR count). The fourth-order valence-electron chi connectivity index (χ4n) is 10.4. The second-order valence-corrected chi connectivity index (χ2v) is 18.3. The van der Waals surface area contributed by atoms with Crippen molar-refractivity contribution < 1.29 is 44.3 Å². The number of Topliss-reactive ketones (excluding diaryl/α,β-unsaturated/α-hetero) is 1. The number of allylic oxidation sites excluding steroid dienone is 1. The predicted octanol–water partition coefficient (Wildman–Crippen LogP) is 7.23. The molecule has 5 aliphatic rings. The SMILES string of the molecule is C[C@H](O)CNc1cc(CO)cc([C@H]2C#C[C@@H]3CC(=O)Oc4cc(O)c(cc43)C[C@H]3OC(=O)/C(=C\CC4(CCCCC4)c4cccc(c4)C[C@@H]4C[C@H](CCC4=O)[C@]3(C)O)C2)c1. The summed E-state index contributed by atoms with van der Waals surface area (Å²) in [6.45, 7) is 3.40. The van der Waals surface area contributed by atoms with Crippen LogP contribution in [0.4, 0.5) is 5.69 Å². The summed E-state index contributed by atoms with van der Waals surface area (Å²) in [5, 5.41) is 47.9. The number of carbonyl (C=O) groups is 3. The van der Waals surface area contributed by atoms with E-state index in [4.69, 9.17) is 9.47 Å². The summed E-state index contributed by atoms with van der Waals surface area (Å²) in [5.74, 6) is 4.08. The summed E-state index contributed by atoms with van der Waals surface area (Å²) >= 11 is 0. The Kier molecular flexibility index (Phi) is 12.0. The number of phenolic OH excluding ortho intramolecular Hbond substituents is 1. The van der Waals surface area contributed by atoms with E-state index in [0.717, 1.165) is 43.2 Å². The van der Waals surface area contributed by atoms with Crippen molar-refractivity contribution in [3.63, 3.8) is 0 Å². The van der Waals surface area contributed by atoms with Crippen LogP contribution < -0.4 is 10.1 Å². The number of rotatable bonds is 5. The first-order valence-electron chi connectivity index (χ1n) is 21.8. The summed E-state index contributed by atoms with van der Waals surface area (Å²) < 4.78 is 12.2. The van der Waals surface area contributed by atoms with E-state index in [1.54, 1.807) is 19.9 Å². The summed E-state index contributed by atoms with van der Waals surface area (Å²) in [4.78, 5) is 41.6. The number of fused-ring (bicyclic) bond motifs is 9. The topological polar surface area (TPSA) is 163 Å². The van der Waals surface area contributed by atoms with Crippen LogP contribution >= 0.6 is 0 Å². The number of esters is 2. The van der Waals surface area contributed by atoms with Gasteiger partial charge in [-0.25, -0.2) is 4.79 Å². The zero-order chi connectivity index (χ0) is 42.2. The summed E-state index contributed by atoms with van der Waals surface area (Å²) in [5.41, 5.74) is 3.89. The lowest BCUT2D eigenvalue weighted by Gasteiger charge is -2.42. The van der Waals surface area contributed by atoms with Crippen molar-refractivity contribution in [1.29, 1.82) is 0 Å². The number of aliphatic hydroxyl groups is 3. The molecule has 3 aliphatic heterocycles. The van der Waals surface area contributed by atoms with Gasteiger partial charge in [-0.15, -0.1) is 0 Å². The number of hydrogen-bond donors (Lipinski definition) is 5. The molecule has 60 heavy (non-hydrogen) atoms. The number of ketones is 1. The number of phenols is 1. The average Bonchev–Trinajstić information content (AvgIpc) is 3.23. The van der Waals surface area contributed by atoms with Crippen LogP contribution in [-0.4, -0.2) is 62.5 Å². The molecule has 0 amide bonds. The van der Waals surface area contributed by atoms with E-state index in [2.05, 4.69) is 41.4 Å². The molecule has 2 aliphatic carbocycles. The van der Waals surface area contributed by atoms with E-state index in [-0.39, 0.29) is 61.0 Å². The Labute approximate surface area is 352 Å². The van der Waals surface area contributed by atoms with Gasteiger partial charge < -0.3 is 35.2 Å². The van der Waals surface area contributed by atoms with Crippen LogP contribution in [0.25, 0.3) is 0 Å². The second-order valence-electron chi connectivity index (χ2n) is 18.3. The van der Waals surface area contributed by atoms with E-state index in [1.165, 1.54) is 11.6 Å². The van der Waals surface area contributed by atoms with Crippen molar-refractivity contribution >= 4 is 23.4 Å². The molecule has 7 atom stereocenters. The molecule has 0 saturated heterocycles. The highest BCUT2D eigenvalue weighted by Gasteiger charge is 2.47. The van der Waals surface area contributed by atoms with Crippen molar-refractivity contribution in [3.05, 3.63) is 99.6 Å². The molecule has 5 N–H and O–H groups in total. The summed E-state index contributed by atoms with van der Waals surface area (Å²) in [6, 6.07) is 17.4. The minimum absolute atomic E-state index is 0.0207. The van der Waals surface area contributed by atoms with Gasteiger partial charge in [0.2, 0.25) is 0 Å². The van der Waals surface area contributed by atoms with Gasteiger partial charge in [-0.05, 0) is 116 Å². The molecule has 316 valence electrons. The zero-order valence-electron chi connectivity index (χ0n) is 34.7. The molecule has 2 saturated carbocycles. The van der Waals surface area contributed by atoms with E-state index in [1.807, 2.05) is 24.3 Å². The molecule has 10 nitrogen and oxygen atoms in total. The fourth-order valence-corrected chi connectivity index (χ4v) is 10.4. The van der Waals surface area contributed by atoms with E-state index < -0.39 is 47.5 Å². The van der Waals surface area contributed by atoms with Gasteiger partial charge in [-0.1, -0.05) is 67.5 Å². The third-order valence-electron chi connectivity index (χ3n) is 14.0. The van der Waals surface area contributed by atoms with Crippen LogP contribution in [0, 0.1) is 23.7 Å². The molecule has 0 unspecified atom stereocenters. The number of benzene rings is 3. The minimum Gasteiger partial charge on any atom is -0.508 e. The molecule has 3 heterocycles. The molecule has 8 bridgehead atoms. The van der Waals surface area contributed by atoms with Crippen molar-refractivity contribution in [3.8, 4) is 23.3 Å². The van der Waals surface area contributed by atoms with E-state index in [0.29, 0.717) is 60.1 Å². The van der Waals surface area contributed by atoms with E-state index >= 15 is 4.79 Å². The van der Waals surface area contributed by atoms with Crippen molar-refractivity contribution in [2.45, 2.75) is 139 Å². The lowest BCUT2D eigenvalue weighted by Crippen LogP contribution is -2.52. The third-order valence-corrected chi connectivity index (χ3v) is 14.0. The van der Waals surface area contributed by atoms with Crippen LogP contribution in [0.15, 0.2) is 66.2 Å². The van der Waals surface area contributed by atoms with Crippen molar-refractivity contribution in [2.75, 3.05) is 11.9 Å². The van der Waals surface area contributed by atoms with Crippen LogP contribution in [0.1, 0.15) is 130 Å². The summed E-state index contributed by atoms with van der Waals surface area (Å²) in [6.07, 6.45) is 7.72. The van der Waals surface area contributed by atoms with Crippen LogP contribution in [-0.2, 0) is 44.0 Å². The minimum atomic E-state index is -1.60. The van der Waals surface area contributed by atoms with E-state index in [9.17, 15) is 30.0 Å². The van der Waals surface area contributed by atoms with Crippen LogP contribution in [0.5, 0.6) is 11.5 Å². The Morgan fingerprint density at radius 3 is 2.53 bits per heavy atom. The fraction of sp³-hybridized carbons (Fsp3) is 0.500. The molecule has 2 fully saturated rings. The number of carbonyl (C=O) groups excluding carboxylic acids is 3. The van der Waals surface area contributed by atoms with Gasteiger partial charge in [-0.2, -0.15) is 0 Å². The van der Waals surface area contributed by atoms with Gasteiger partial charge in [0, 0.05) is 54.1 Å². The Morgan fingerprint density at radius 1 is 0.950 bits per heavy atom. The van der Waals surface area contributed by atoms with Crippen LogP contribution in [0.3, 0.4) is 0 Å². The number of aromatic hydroxyl groups is 1. The molecule has 3 aromatic rings. The smallest absolute Gasteiger partial charge is 0.334 e. The summed E-state index contributed by atoms with van der Waals surface area (Å²) in [7, 11) is 0. The van der Waals surface area contributed by atoms with Crippen molar-refractivity contribution in [2.24, 2.45) is 11.8 Å². The number of nitrogens with one attached hydrogen (secondary N) is 1. The van der Waals surface area contributed by atoms with Gasteiger partial charge in [-0.3, -0.25) is 9.59 Å². The third kappa shape index (κ3) is 8.77. The standard InChI is InChI=1S/C50H57NO9/c1-30(53)28-51-41-20-32(29-52)18-36(23-41)33-9-10-34-26-47(56)59-45-27-44(55)38(24-42(34)45)25-46-49(2,58)39-11-12-43(54)37(22-39)17-31-7-6-8-40(19-31)50(14-4-3-5-15-50)16-13-35(21-33)48(57)60-46/h6-8,13,18-20,23-24,27,30,33-34,37,39,46,51-53,55,58H,3-5,11-12,14-17,21-22,25-26,28-29H2,1-2H3/b35-13-/t30-,33-,34+,37+,39-,46+,49-/m0/s1. The Bertz CT molecular complexity index is 2240. The largest absolute Gasteiger partial charge is 0.508 e. The van der Waals surface area contributed by atoms with Crippen molar-refractivity contribution in [1.82, 2.24) is 0 Å². The quantitative estimate of drug-likeness (QED) is 0.101. The highest BCUT2D eigenvalue weighted by atomic mass is 16.6. The lowest BCUT2D eigenvalue weighted by atomic mass is 9.66. The first-order valence-corrected chi connectivity index (χ1v) is 21.8. The Morgan fingerprint density at radius 2 is 1.75 bits per heavy atom. The normalized spacial score (nSPS) is 29.1. The molecular formula is C50H57NO9. The first kappa shape index (κ1) is 41.8. The van der Waals surface area contributed by atoms with Gasteiger partial charge in [0.05, 0.1) is 25.0 Å². The number of anilines is 1. The average molecular weight is 816 g/mol. The van der Waals surface area contributed by atoms with Gasteiger partial charge in [0.1, 0.15) is 29.0 Å². The number of aliphatic hydroxyl groups excluding tert-OH is 2. The Hall–Kier alpha value is -4.95. The molecule has 0 aromatic heterocycles. The van der Waals surface area contributed by atoms with Gasteiger partial charge >= 0.3 is 11.9 Å². The highest BCUT2D eigenvalue weighted by molar-refractivity contribution is 5.89. The maximum absolute atomic E-state index is 15.1. The van der Waals surface area contributed by atoms with Crippen LogP contribution in [0.2, 0.25) is 0 Å². The maximum Gasteiger partial charge on any atom is 0.334 e. The highest BCUT2D eigenvalue weighted by Crippen LogP contribution is 2.46. The molecule has 10 heteroatoms.